The molecular formula is C20H26N2O4. The number of amides is 3. The van der Waals surface area contributed by atoms with Crippen LogP contribution in [0.2, 0.25) is 0 Å². The van der Waals surface area contributed by atoms with Crippen LogP contribution < -0.4 is 5.32 Å². The van der Waals surface area contributed by atoms with Crippen molar-refractivity contribution in [2.45, 2.75) is 58.2 Å². The Labute approximate surface area is 153 Å². The Balaban J connectivity index is 1.94. The van der Waals surface area contributed by atoms with Gasteiger partial charge in [-0.05, 0) is 39.2 Å². The first-order valence-corrected chi connectivity index (χ1v) is 9.10. The van der Waals surface area contributed by atoms with Gasteiger partial charge in [0.2, 0.25) is 11.8 Å². The lowest BCUT2D eigenvalue weighted by Crippen LogP contribution is -2.44. The zero-order valence-corrected chi connectivity index (χ0v) is 15.7. The lowest BCUT2D eigenvalue weighted by molar-refractivity contribution is -0.130. The molecule has 6 nitrogen and oxygen atoms in total. The van der Waals surface area contributed by atoms with Crippen molar-refractivity contribution in [3.63, 3.8) is 0 Å². The Kier molecular flexibility index (Phi) is 4.78. The van der Waals surface area contributed by atoms with Crippen molar-refractivity contribution in [3.05, 3.63) is 35.9 Å². The number of hydrogen-bond acceptors (Lipinski definition) is 4. The van der Waals surface area contributed by atoms with Crippen molar-refractivity contribution in [1.29, 1.82) is 0 Å². The Morgan fingerprint density at radius 3 is 2.31 bits per heavy atom. The third-order valence-electron chi connectivity index (χ3n) is 4.77. The summed E-state index contributed by atoms with van der Waals surface area (Å²) in [6.45, 7) is 7.04. The van der Waals surface area contributed by atoms with Gasteiger partial charge in [0.05, 0.1) is 18.0 Å². The van der Waals surface area contributed by atoms with Crippen LogP contribution in [-0.2, 0) is 14.3 Å². The zero-order valence-electron chi connectivity index (χ0n) is 15.7. The third kappa shape index (κ3) is 3.74. The maximum Gasteiger partial charge on any atom is 0.417 e. The van der Waals surface area contributed by atoms with E-state index in [9.17, 15) is 14.4 Å². The second kappa shape index (κ2) is 6.74. The highest BCUT2D eigenvalue weighted by Crippen LogP contribution is 2.39. The summed E-state index contributed by atoms with van der Waals surface area (Å²) in [4.78, 5) is 39.1. The van der Waals surface area contributed by atoms with E-state index in [1.807, 2.05) is 30.3 Å². The number of nitrogens with zero attached hydrogens (tertiary/aromatic N) is 1. The molecule has 1 aromatic carbocycles. The van der Waals surface area contributed by atoms with Crippen molar-refractivity contribution in [2.75, 3.05) is 0 Å². The molecule has 0 spiro atoms. The highest BCUT2D eigenvalue weighted by atomic mass is 16.6. The molecule has 2 fully saturated rings. The Morgan fingerprint density at radius 1 is 1.15 bits per heavy atom. The monoisotopic (exact) mass is 358 g/mol. The molecule has 140 valence electrons. The maximum atomic E-state index is 12.9. The highest BCUT2D eigenvalue weighted by molar-refractivity contribution is 5.97. The van der Waals surface area contributed by atoms with Crippen molar-refractivity contribution >= 4 is 17.9 Å². The minimum Gasteiger partial charge on any atom is -0.443 e. The lowest BCUT2D eigenvalue weighted by atomic mass is 9.94. The molecule has 6 heteroatoms. The minimum absolute atomic E-state index is 0.0318. The van der Waals surface area contributed by atoms with Gasteiger partial charge >= 0.3 is 6.09 Å². The van der Waals surface area contributed by atoms with Gasteiger partial charge < -0.3 is 10.1 Å². The first kappa shape index (κ1) is 18.4. The van der Waals surface area contributed by atoms with Gasteiger partial charge in [0.1, 0.15) is 5.60 Å². The predicted molar refractivity (Wildman–Crippen MR) is 96.1 cm³/mol. The van der Waals surface area contributed by atoms with E-state index in [0.29, 0.717) is 0 Å². The van der Waals surface area contributed by atoms with Gasteiger partial charge in [0.25, 0.3) is 0 Å². The van der Waals surface area contributed by atoms with E-state index >= 15 is 0 Å². The summed E-state index contributed by atoms with van der Waals surface area (Å²) in [6, 6.07) is 8.28. The SMILES string of the molecule is C[C@@H]1C(=O)N(C(=O)OC(C)(C)C)[C@H](c2ccccc2)C1NC(=O)C1CC1. The lowest BCUT2D eigenvalue weighted by Gasteiger charge is -2.30. The Bertz CT molecular complexity index is 706. The van der Waals surface area contributed by atoms with Crippen molar-refractivity contribution in [1.82, 2.24) is 10.2 Å². The van der Waals surface area contributed by atoms with Crippen LogP contribution in [0.1, 0.15) is 52.1 Å². The molecule has 1 N–H and O–H groups in total. The summed E-state index contributed by atoms with van der Waals surface area (Å²) in [7, 11) is 0. The highest BCUT2D eigenvalue weighted by Gasteiger charge is 2.51. The molecule has 1 aliphatic heterocycles. The molecule has 3 amide bonds. The molecule has 1 aromatic rings. The number of rotatable bonds is 3. The fourth-order valence-corrected chi connectivity index (χ4v) is 3.30. The molecule has 26 heavy (non-hydrogen) atoms. The summed E-state index contributed by atoms with van der Waals surface area (Å²) in [5.74, 6) is -0.837. The van der Waals surface area contributed by atoms with Crippen molar-refractivity contribution < 1.29 is 19.1 Å². The number of likely N-dealkylation sites (tertiary alicyclic amines) is 1. The standard InChI is InChI=1S/C20H26N2O4/c1-12-15(21-17(23)14-10-11-14)16(13-8-6-5-7-9-13)22(18(12)24)19(25)26-20(2,3)4/h5-9,12,14-16H,10-11H2,1-4H3,(H,21,23)/t12-,15?,16+/m0/s1. The average Bonchev–Trinajstić information content (AvgIpc) is 3.37. The summed E-state index contributed by atoms with van der Waals surface area (Å²) in [5.41, 5.74) is 0.0918. The predicted octanol–water partition coefficient (Wildman–Crippen LogP) is 3.04. The van der Waals surface area contributed by atoms with E-state index in [0.717, 1.165) is 18.4 Å². The third-order valence-corrected chi connectivity index (χ3v) is 4.77. The van der Waals surface area contributed by atoms with Crippen LogP contribution in [0.5, 0.6) is 0 Å². The van der Waals surface area contributed by atoms with Crippen LogP contribution in [0.25, 0.3) is 0 Å². The molecule has 1 unspecified atom stereocenters. The molecule has 1 saturated heterocycles. The van der Waals surface area contributed by atoms with Crippen LogP contribution in [0.15, 0.2) is 30.3 Å². The van der Waals surface area contributed by atoms with Crippen LogP contribution in [0, 0.1) is 11.8 Å². The smallest absolute Gasteiger partial charge is 0.417 e. The van der Waals surface area contributed by atoms with E-state index < -0.39 is 29.7 Å². The fraction of sp³-hybridized carbons (Fsp3) is 0.550. The van der Waals surface area contributed by atoms with Crippen molar-refractivity contribution in [2.24, 2.45) is 11.8 Å². The molecule has 0 aromatic heterocycles. The van der Waals surface area contributed by atoms with Gasteiger partial charge in [0.15, 0.2) is 0 Å². The molecule has 3 rings (SSSR count). The largest absolute Gasteiger partial charge is 0.443 e. The number of benzene rings is 1. The first-order valence-electron chi connectivity index (χ1n) is 9.10. The maximum absolute atomic E-state index is 12.9. The van der Waals surface area contributed by atoms with E-state index in [-0.39, 0.29) is 17.7 Å². The zero-order chi connectivity index (χ0) is 19.1. The summed E-state index contributed by atoms with van der Waals surface area (Å²) < 4.78 is 5.46. The average molecular weight is 358 g/mol. The van der Waals surface area contributed by atoms with Gasteiger partial charge in [-0.15, -0.1) is 0 Å². The topological polar surface area (TPSA) is 75.7 Å². The molecule has 0 bridgehead atoms. The van der Waals surface area contributed by atoms with Gasteiger partial charge in [0, 0.05) is 5.92 Å². The second-order valence-corrected chi connectivity index (χ2v) is 8.14. The number of imide groups is 1. The van der Waals surface area contributed by atoms with Gasteiger partial charge in [-0.1, -0.05) is 37.3 Å². The second-order valence-electron chi connectivity index (χ2n) is 8.14. The quantitative estimate of drug-likeness (QED) is 0.901. The van der Waals surface area contributed by atoms with E-state index in [4.69, 9.17) is 4.74 Å². The summed E-state index contributed by atoms with van der Waals surface area (Å²) >= 11 is 0. The number of hydrogen-bond donors (Lipinski definition) is 1. The van der Waals surface area contributed by atoms with Gasteiger partial charge in [-0.25, -0.2) is 9.69 Å². The normalized spacial score (nSPS) is 25.9. The van der Waals surface area contributed by atoms with Gasteiger partial charge in [-0.3, -0.25) is 9.59 Å². The fourth-order valence-electron chi connectivity index (χ4n) is 3.30. The van der Waals surface area contributed by atoms with E-state index in [1.54, 1.807) is 27.7 Å². The number of carbonyl (C=O) groups excluding carboxylic acids is 3. The molecule has 3 atom stereocenters. The van der Waals surface area contributed by atoms with Crippen LogP contribution in [0.4, 0.5) is 4.79 Å². The van der Waals surface area contributed by atoms with Crippen LogP contribution in [0.3, 0.4) is 0 Å². The number of carbonyl (C=O) groups is 3. The van der Waals surface area contributed by atoms with Crippen molar-refractivity contribution in [3.8, 4) is 0 Å². The summed E-state index contributed by atoms with van der Waals surface area (Å²) in [6.07, 6.45) is 1.09. The van der Waals surface area contributed by atoms with Crippen LogP contribution in [-0.4, -0.2) is 34.5 Å². The molecule has 0 radical (unpaired) electrons. The number of nitrogens with one attached hydrogen (secondary N) is 1. The van der Waals surface area contributed by atoms with E-state index in [1.165, 1.54) is 4.90 Å². The Hall–Kier alpha value is -2.37. The molecular weight excluding hydrogens is 332 g/mol. The molecule has 2 aliphatic rings. The van der Waals surface area contributed by atoms with Crippen LogP contribution >= 0.6 is 0 Å². The summed E-state index contributed by atoms with van der Waals surface area (Å²) in [5, 5.41) is 3.01. The minimum atomic E-state index is -0.711. The molecule has 1 saturated carbocycles. The van der Waals surface area contributed by atoms with E-state index in [2.05, 4.69) is 5.32 Å². The first-order chi connectivity index (χ1) is 12.2. The Morgan fingerprint density at radius 2 is 1.77 bits per heavy atom. The molecule has 1 aliphatic carbocycles. The molecule has 1 heterocycles. The number of ether oxygens (including phenoxy) is 1. The van der Waals surface area contributed by atoms with Gasteiger partial charge in [-0.2, -0.15) is 0 Å².